The minimum atomic E-state index is -0.402. The Morgan fingerprint density at radius 1 is 1.17 bits per heavy atom. The van der Waals surface area contributed by atoms with E-state index in [4.69, 9.17) is 9.72 Å². The first-order valence-corrected chi connectivity index (χ1v) is 11.1. The SMILES string of the molecule is COC(=O)C(C)Sc1ccccc1C(=O)Nc1ccc2c(c1)nc1n2CCCCC1. The van der Waals surface area contributed by atoms with Crippen LogP contribution in [0.5, 0.6) is 0 Å². The fourth-order valence-corrected chi connectivity index (χ4v) is 4.81. The van der Waals surface area contributed by atoms with Gasteiger partial charge in [0.05, 0.1) is 23.7 Å². The number of ether oxygens (including phenoxy) is 1. The first-order chi connectivity index (χ1) is 14.6. The highest BCUT2D eigenvalue weighted by Gasteiger charge is 2.19. The van der Waals surface area contributed by atoms with Crippen molar-refractivity contribution in [2.24, 2.45) is 0 Å². The van der Waals surface area contributed by atoms with Crippen LogP contribution in [-0.2, 0) is 22.5 Å². The van der Waals surface area contributed by atoms with Gasteiger partial charge in [-0.05, 0) is 50.1 Å². The number of fused-ring (bicyclic) bond motifs is 3. The van der Waals surface area contributed by atoms with Crippen molar-refractivity contribution < 1.29 is 14.3 Å². The van der Waals surface area contributed by atoms with Crippen LogP contribution in [0.25, 0.3) is 11.0 Å². The Kier molecular flexibility index (Phi) is 6.08. The molecule has 1 aliphatic heterocycles. The second kappa shape index (κ2) is 8.92. The molecule has 4 rings (SSSR count). The van der Waals surface area contributed by atoms with Gasteiger partial charge in [-0.15, -0.1) is 11.8 Å². The van der Waals surface area contributed by atoms with Gasteiger partial charge < -0.3 is 14.6 Å². The molecule has 1 aromatic heterocycles. The zero-order valence-corrected chi connectivity index (χ0v) is 18.0. The molecule has 1 atom stereocenters. The van der Waals surface area contributed by atoms with E-state index in [0.29, 0.717) is 11.3 Å². The third kappa shape index (κ3) is 4.21. The Morgan fingerprint density at radius 2 is 2.00 bits per heavy atom. The second-order valence-corrected chi connectivity index (χ2v) is 8.81. The molecular weight excluding hydrogens is 398 g/mol. The molecule has 1 amide bonds. The van der Waals surface area contributed by atoms with Crippen molar-refractivity contribution in [1.29, 1.82) is 0 Å². The normalized spacial score (nSPS) is 14.6. The number of imidazole rings is 1. The van der Waals surface area contributed by atoms with E-state index in [2.05, 4.69) is 9.88 Å². The summed E-state index contributed by atoms with van der Waals surface area (Å²) in [7, 11) is 1.36. The fraction of sp³-hybridized carbons (Fsp3) is 0.348. The van der Waals surface area contributed by atoms with Crippen LogP contribution < -0.4 is 5.32 Å². The summed E-state index contributed by atoms with van der Waals surface area (Å²) in [6.07, 6.45) is 4.59. The predicted octanol–water partition coefficient (Wildman–Crippen LogP) is 4.67. The lowest BCUT2D eigenvalue weighted by Gasteiger charge is -2.13. The number of nitrogens with one attached hydrogen (secondary N) is 1. The number of esters is 1. The van der Waals surface area contributed by atoms with Gasteiger partial charge in [0.1, 0.15) is 11.1 Å². The lowest BCUT2D eigenvalue weighted by molar-refractivity contribution is -0.139. The number of hydrogen-bond acceptors (Lipinski definition) is 5. The summed E-state index contributed by atoms with van der Waals surface area (Å²) in [5.41, 5.74) is 3.26. The van der Waals surface area contributed by atoms with Crippen molar-refractivity contribution in [1.82, 2.24) is 9.55 Å². The van der Waals surface area contributed by atoms with E-state index in [0.717, 1.165) is 34.7 Å². The van der Waals surface area contributed by atoms with Gasteiger partial charge >= 0.3 is 5.97 Å². The van der Waals surface area contributed by atoms with Gasteiger partial charge in [0.15, 0.2) is 0 Å². The van der Waals surface area contributed by atoms with Gasteiger partial charge in [-0.3, -0.25) is 9.59 Å². The zero-order valence-electron chi connectivity index (χ0n) is 17.2. The van der Waals surface area contributed by atoms with Crippen molar-refractivity contribution in [2.45, 2.75) is 49.3 Å². The summed E-state index contributed by atoms with van der Waals surface area (Å²) in [6.45, 7) is 2.77. The first-order valence-electron chi connectivity index (χ1n) is 10.2. The van der Waals surface area contributed by atoms with Crippen LogP contribution in [0.15, 0.2) is 47.4 Å². The molecule has 0 radical (unpaired) electrons. The monoisotopic (exact) mass is 423 g/mol. The van der Waals surface area contributed by atoms with Gasteiger partial charge in [0.25, 0.3) is 5.91 Å². The largest absolute Gasteiger partial charge is 0.468 e. The third-order valence-corrected chi connectivity index (χ3v) is 6.49. The van der Waals surface area contributed by atoms with Crippen molar-refractivity contribution >= 4 is 40.4 Å². The summed E-state index contributed by atoms with van der Waals surface area (Å²) in [5, 5.41) is 2.58. The fourth-order valence-electron chi connectivity index (χ4n) is 3.79. The Labute approximate surface area is 180 Å². The molecular formula is C23H25N3O3S. The van der Waals surface area contributed by atoms with Gasteiger partial charge in [-0.1, -0.05) is 18.6 Å². The average molecular weight is 424 g/mol. The molecule has 156 valence electrons. The van der Waals surface area contributed by atoms with E-state index in [1.165, 1.54) is 38.1 Å². The molecule has 7 heteroatoms. The number of aryl methyl sites for hydroxylation is 2. The van der Waals surface area contributed by atoms with E-state index >= 15 is 0 Å². The van der Waals surface area contributed by atoms with E-state index in [9.17, 15) is 9.59 Å². The number of hydrogen-bond donors (Lipinski definition) is 1. The number of carbonyl (C=O) groups is 2. The minimum absolute atomic E-state index is 0.213. The lowest BCUT2D eigenvalue weighted by Crippen LogP contribution is -2.17. The van der Waals surface area contributed by atoms with Gasteiger partial charge in [0.2, 0.25) is 0 Å². The van der Waals surface area contributed by atoms with Crippen LogP contribution in [-0.4, -0.2) is 33.8 Å². The summed E-state index contributed by atoms with van der Waals surface area (Å²) in [6, 6.07) is 13.2. The van der Waals surface area contributed by atoms with E-state index in [1.54, 1.807) is 13.0 Å². The quantitative estimate of drug-likeness (QED) is 0.477. The van der Waals surface area contributed by atoms with Crippen LogP contribution >= 0.6 is 11.8 Å². The zero-order chi connectivity index (χ0) is 21.1. The highest BCUT2D eigenvalue weighted by atomic mass is 32.2. The second-order valence-electron chi connectivity index (χ2n) is 7.43. The van der Waals surface area contributed by atoms with E-state index < -0.39 is 5.25 Å². The molecule has 0 saturated heterocycles. The number of rotatable bonds is 5. The highest BCUT2D eigenvalue weighted by molar-refractivity contribution is 8.00. The van der Waals surface area contributed by atoms with Crippen molar-refractivity contribution in [3.8, 4) is 0 Å². The van der Waals surface area contributed by atoms with Crippen molar-refractivity contribution in [3.63, 3.8) is 0 Å². The Hall–Kier alpha value is -2.80. The number of aromatic nitrogens is 2. The highest BCUT2D eigenvalue weighted by Crippen LogP contribution is 2.29. The molecule has 0 bridgehead atoms. The first kappa shape index (κ1) is 20.5. The number of methoxy groups -OCH3 is 1. The van der Waals surface area contributed by atoms with Gasteiger partial charge in [-0.25, -0.2) is 4.98 Å². The van der Waals surface area contributed by atoms with Crippen molar-refractivity contribution in [2.75, 3.05) is 12.4 Å². The van der Waals surface area contributed by atoms with Crippen LogP contribution in [0.4, 0.5) is 5.69 Å². The molecule has 0 aliphatic carbocycles. The summed E-state index contributed by atoms with van der Waals surface area (Å²) in [5.74, 6) is 0.597. The van der Waals surface area contributed by atoms with Crippen molar-refractivity contribution in [3.05, 3.63) is 53.9 Å². The maximum Gasteiger partial charge on any atom is 0.318 e. The van der Waals surface area contributed by atoms with E-state index in [-0.39, 0.29) is 11.9 Å². The van der Waals surface area contributed by atoms with Crippen LogP contribution in [0, 0.1) is 0 Å². The van der Waals surface area contributed by atoms with Gasteiger partial charge in [0, 0.05) is 23.5 Å². The number of benzene rings is 2. The summed E-state index contributed by atoms with van der Waals surface area (Å²) < 4.78 is 7.09. The number of anilines is 1. The maximum absolute atomic E-state index is 13.0. The number of carbonyl (C=O) groups excluding carboxylic acids is 2. The summed E-state index contributed by atoms with van der Waals surface area (Å²) >= 11 is 1.31. The molecule has 1 N–H and O–H groups in total. The van der Waals surface area contributed by atoms with Gasteiger partial charge in [-0.2, -0.15) is 0 Å². The Bertz CT molecular complexity index is 1090. The third-order valence-electron chi connectivity index (χ3n) is 5.34. The minimum Gasteiger partial charge on any atom is -0.468 e. The molecule has 6 nitrogen and oxygen atoms in total. The molecule has 1 aliphatic rings. The molecule has 2 heterocycles. The standard InChI is InChI=1S/C23H25N3O3S/c1-15(23(28)29-2)30-20-9-6-5-8-17(20)22(27)24-16-11-12-19-18(14-16)25-21-10-4-3-7-13-26(19)21/h5-6,8-9,11-12,14-15H,3-4,7,10,13H2,1-2H3,(H,24,27). The van der Waals surface area contributed by atoms with E-state index in [1.807, 2.05) is 36.4 Å². The Balaban J connectivity index is 1.56. The lowest BCUT2D eigenvalue weighted by atomic mass is 10.2. The summed E-state index contributed by atoms with van der Waals surface area (Å²) in [4.78, 5) is 30.3. The smallest absolute Gasteiger partial charge is 0.318 e. The molecule has 2 aromatic carbocycles. The van der Waals surface area contributed by atoms with Crippen LogP contribution in [0.2, 0.25) is 0 Å². The number of thioether (sulfide) groups is 1. The molecule has 0 spiro atoms. The predicted molar refractivity (Wildman–Crippen MR) is 119 cm³/mol. The average Bonchev–Trinajstić information content (AvgIpc) is 2.93. The molecule has 0 saturated carbocycles. The maximum atomic E-state index is 13.0. The van der Waals surface area contributed by atoms with Crippen LogP contribution in [0.3, 0.4) is 0 Å². The number of amides is 1. The molecule has 0 fully saturated rings. The number of nitrogens with zero attached hydrogens (tertiary/aromatic N) is 2. The topological polar surface area (TPSA) is 73.2 Å². The Morgan fingerprint density at radius 3 is 2.83 bits per heavy atom. The molecule has 30 heavy (non-hydrogen) atoms. The van der Waals surface area contributed by atoms with Crippen LogP contribution in [0.1, 0.15) is 42.4 Å². The molecule has 1 unspecified atom stereocenters. The molecule has 3 aromatic rings.